The highest BCUT2D eigenvalue weighted by atomic mass is 32.1. The Morgan fingerprint density at radius 1 is 1.11 bits per heavy atom. The molecular weight excluding hydrogens is 243 g/mol. The van der Waals surface area contributed by atoms with Crippen molar-refractivity contribution in [2.24, 2.45) is 0 Å². The van der Waals surface area contributed by atoms with Gasteiger partial charge in [0, 0.05) is 0 Å². The molecular formula is C14H23BO2S. The van der Waals surface area contributed by atoms with Gasteiger partial charge < -0.3 is 9.31 Å². The van der Waals surface area contributed by atoms with Gasteiger partial charge in [-0.1, -0.05) is 25.9 Å². The fraction of sp³-hybridized carbons (Fsp3) is 0.571. The molecule has 0 atom stereocenters. The van der Waals surface area contributed by atoms with Crippen LogP contribution in [0, 0.1) is 0 Å². The lowest BCUT2D eigenvalue weighted by molar-refractivity contribution is 0.00578. The molecule has 1 aliphatic heterocycles. The summed E-state index contributed by atoms with van der Waals surface area (Å²) in [5.41, 5.74) is 0.688. The maximum atomic E-state index is 5.86. The third kappa shape index (κ3) is 3.47. The van der Waals surface area contributed by atoms with Crippen LogP contribution in [-0.4, -0.2) is 18.3 Å². The van der Waals surface area contributed by atoms with Crippen molar-refractivity contribution in [2.45, 2.75) is 52.7 Å². The van der Waals surface area contributed by atoms with E-state index in [1.807, 2.05) is 25.9 Å². The minimum absolute atomic E-state index is 0.245. The first-order valence-electron chi connectivity index (χ1n) is 6.47. The molecule has 0 aliphatic carbocycles. The lowest BCUT2D eigenvalue weighted by Crippen LogP contribution is -2.41. The van der Waals surface area contributed by atoms with E-state index in [1.54, 1.807) is 11.3 Å². The Morgan fingerprint density at radius 3 is 2.11 bits per heavy atom. The Bertz CT molecular complexity index is 367. The number of hydrogen-bond donors (Lipinski definition) is 0. The summed E-state index contributed by atoms with van der Waals surface area (Å²) in [4.78, 5) is 0. The molecule has 1 aliphatic rings. The van der Waals surface area contributed by atoms with E-state index in [-0.39, 0.29) is 18.3 Å². The Labute approximate surface area is 115 Å². The van der Waals surface area contributed by atoms with Gasteiger partial charge in [0.05, 0.1) is 11.2 Å². The van der Waals surface area contributed by atoms with Gasteiger partial charge >= 0.3 is 7.12 Å². The topological polar surface area (TPSA) is 18.5 Å². The van der Waals surface area contributed by atoms with Crippen LogP contribution in [0.4, 0.5) is 0 Å². The zero-order valence-corrected chi connectivity index (χ0v) is 13.0. The van der Waals surface area contributed by atoms with Crippen molar-refractivity contribution in [1.29, 1.82) is 0 Å². The molecule has 2 nitrogen and oxygen atoms in total. The van der Waals surface area contributed by atoms with Crippen LogP contribution in [-0.2, 0) is 9.31 Å². The van der Waals surface area contributed by atoms with Crippen LogP contribution in [0.2, 0.25) is 0 Å². The van der Waals surface area contributed by atoms with Crippen LogP contribution in [0.15, 0.2) is 22.8 Å². The third-order valence-corrected chi connectivity index (χ3v) is 3.96. The van der Waals surface area contributed by atoms with E-state index in [0.717, 1.165) is 0 Å². The smallest absolute Gasteiger partial charge is 0.400 e. The Kier molecular flexibility index (Phi) is 5.20. The van der Waals surface area contributed by atoms with Crippen LogP contribution < -0.4 is 0 Å². The molecule has 0 unspecified atom stereocenters. The van der Waals surface area contributed by atoms with Gasteiger partial charge in [0.2, 0.25) is 0 Å². The highest BCUT2D eigenvalue weighted by Crippen LogP contribution is 2.36. The summed E-state index contributed by atoms with van der Waals surface area (Å²) in [6, 6.07) is 2.08. The summed E-state index contributed by atoms with van der Waals surface area (Å²) in [5, 5.41) is 4.16. The molecule has 1 fully saturated rings. The monoisotopic (exact) mass is 266 g/mol. The Balaban J connectivity index is 0.000000771. The predicted molar refractivity (Wildman–Crippen MR) is 80.8 cm³/mol. The highest BCUT2D eigenvalue weighted by molar-refractivity contribution is 7.08. The predicted octanol–water partition coefficient (Wildman–Crippen LogP) is 4.42. The summed E-state index contributed by atoms with van der Waals surface area (Å²) in [6.07, 6.45) is 2.04. The van der Waals surface area contributed by atoms with Crippen molar-refractivity contribution in [3.8, 4) is 0 Å². The average molecular weight is 266 g/mol. The highest BCUT2D eigenvalue weighted by Gasteiger charge is 2.49. The van der Waals surface area contributed by atoms with E-state index >= 15 is 0 Å². The average Bonchev–Trinajstić information content (AvgIpc) is 2.86. The summed E-state index contributed by atoms with van der Waals surface area (Å²) in [7, 11) is -0.245. The fourth-order valence-corrected chi connectivity index (χ4v) is 2.16. The molecule has 0 spiro atoms. The van der Waals surface area contributed by atoms with Crippen molar-refractivity contribution in [3.05, 3.63) is 28.4 Å². The third-order valence-electron chi connectivity index (χ3n) is 3.26. The summed E-state index contributed by atoms with van der Waals surface area (Å²) in [6.45, 7) is 12.2. The van der Waals surface area contributed by atoms with Gasteiger partial charge in [-0.15, -0.1) is 0 Å². The van der Waals surface area contributed by atoms with E-state index in [4.69, 9.17) is 9.31 Å². The molecule has 0 amide bonds. The first-order valence-corrected chi connectivity index (χ1v) is 7.41. The molecule has 0 N–H and O–H groups in total. The second kappa shape index (κ2) is 6.05. The minimum atomic E-state index is -0.253. The van der Waals surface area contributed by atoms with Gasteiger partial charge in [-0.3, -0.25) is 0 Å². The summed E-state index contributed by atoms with van der Waals surface area (Å²) >= 11 is 1.69. The number of thiophene rings is 1. The van der Waals surface area contributed by atoms with Gasteiger partial charge in [-0.05, 0) is 50.1 Å². The SMILES string of the molecule is CC.CC1(C)OB(/C=C/c2ccsc2)OC1(C)C. The molecule has 1 aromatic heterocycles. The van der Waals surface area contributed by atoms with E-state index < -0.39 is 0 Å². The number of rotatable bonds is 2. The van der Waals surface area contributed by atoms with Gasteiger partial charge in [-0.25, -0.2) is 0 Å². The van der Waals surface area contributed by atoms with E-state index in [2.05, 4.69) is 44.5 Å². The fourth-order valence-electron chi connectivity index (χ4n) is 1.53. The first-order chi connectivity index (χ1) is 8.41. The normalized spacial score (nSPS) is 20.9. The molecule has 2 heterocycles. The molecule has 1 aromatic rings. The standard InChI is InChI=1S/C12H17BO2S.C2H6/c1-11(2)12(3,4)15-13(14-11)7-5-10-6-8-16-9-10;1-2/h5-9H,1-4H3;1-2H3/b7-5+;. The molecule has 1 saturated heterocycles. The van der Waals surface area contributed by atoms with E-state index in [0.29, 0.717) is 0 Å². The molecule has 2 rings (SSSR count). The summed E-state index contributed by atoms with van der Waals surface area (Å²) in [5.74, 6) is 1.97. The van der Waals surface area contributed by atoms with Crippen LogP contribution in [0.5, 0.6) is 0 Å². The van der Waals surface area contributed by atoms with Crippen LogP contribution in [0.3, 0.4) is 0 Å². The zero-order chi connectivity index (χ0) is 13.8. The molecule has 0 bridgehead atoms. The van der Waals surface area contributed by atoms with Crippen molar-refractivity contribution in [2.75, 3.05) is 0 Å². The maximum absolute atomic E-state index is 5.86. The van der Waals surface area contributed by atoms with Crippen molar-refractivity contribution < 1.29 is 9.31 Å². The van der Waals surface area contributed by atoms with E-state index in [1.165, 1.54) is 5.56 Å². The lowest BCUT2D eigenvalue weighted by atomic mass is 9.89. The largest absolute Gasteiger partial charge is 0.487 e. The molecule has 100 valence electrons. The van der Waals surface area contributed by atoms with Crippen LogP contribution >= 0.6 is 11.3 Å². The number of hydrogen-bond acceptors (Lipinski definition) is 3. The van der Waals surface area contributed by atoms with Crippen molar-refractivity contribution in [1.82, 2.24) is 0 Å². The molecule has 18 heavy (non-hydrogen) atoms. The molecule has 4 heteroatoms. The molecule has 0 saturated carbocycles. The zero-order valence-electron chi connectivity index (χ0n) is 12.2. The molecule has 0 radical (unpaired) electrons. The van der Waals surface area contributed by atoms with Gasteiger partial charge in [-0.2, -0.15) is 11.3 Å². The first kappa shape index (κ1) is 15.5. The maximum Gasteiger partial charge on any atom is 0.487 e. The minimum Gasteiger partial charge on any atom is -0.400 e. The van der Waals surface area contributed by atoms with Crippen molar-refractivity contribution >= 4 is 24.5 Å². The quantitative estimate of drug-likeness (QED) is 0.738. The van der Waals surface area contributed by atoms with Gasteiger partial charge in [0.25, 0.3) is 0 Å². The second-order valence-corrected chi connectivity index (χ2v) is 5.82. The van der Waals surface area contributed by atoms with Gasteiger partial charge in [0.1, 0.15) is 0 Å². The van der Waals surface area contributed by atoms with Crippen molar-refractivity contribution in [3.63, 3.8) is 0 Å². The molecule has 0 aromatic carbocycles. The van der Waals surface area contributed by atoms with Crippen LogP contribution in [0.25, 0.3) is 6.08 Å². The van der Waals surface area contributed by atoms with E-state index in [9.17, 15) is 0 Å². The van der Waals surface area contributed by atoms with Crippen LogP contribution in [0.1, 0.15) is 47.1 Å². The Morgan fingerprint density at radius 2 is 1.67 bits per heavy atom. The summed E-state index contributed by atoms with van der Waals surface area (Å²) < 4.78 is 11.7. The van der Waals surface area contributed by atoms with Gasteiger partial charge in [0.15, 0.2) is 0 Å². The second-order valence-electron chi connectivity index (χ2n) is 5.04. The lowest BCUT2D eigenvalue weighted by Gasteiger charge is -2.32. The Hall–Kier alpha value is -0.575.